The summed E-state index contributed by atoms with van der Waals surface area (Å²) in [6.07, 6.45) is -0.243. The van der Waals surface area contributed by atoms with Gasteiger partial charge in [-0.25, -0.2) is 9.10 Å². The highest BCUT2D eigenvalue weighted by atomic mass is 32.1. The quantitative estimate of drug-likeness (QED) is 0.572. The Morgan fingerprint density at radius 2 is 2.10 bits per heavy atom. The first kappa shape index (κ1) is 17.2. The van der Waals surface area contributed by atoms with E-state index in [1.54, 1.807) is 6.92 Å². The van der Waals surface area contributed by atoms with E-state index in [9.17, 15) is 14.4 Å². The first-order chi connectivity index (χ1) is 9.90. The Kier molecular flexibility index (Phi) is 6.37. The van der Waals surface area contributed by atoms with Crippen LogP contribution in [0, 0.1) is 0 Å². The second-order valence-electron chi connectivity index (χ2n) is 3.66. The van der Waals surface area contributed by atoms with Crippen LogP contribution in [0.15, 0.2) is 0 Å². The van der Waals surface area contributed by atoms with Gasteiger partial charge in [-0.05, 0) is 6.92 Å². The molecule has 0 radical (unpaired) electrons. The maximum Gasteiger partial charge on any atom is 0.331 e. The van der Waals surface area contributed by atoms with Crippen molar-refractivity contribution in [3.05, 3.63) is 5.01 Å². The zero-order valence-corrected chi connectivity index (χ0v) is 13.0. The van der Waals surface area contributed by atoms with E-state index in [-0.39, 0.29) is 23.2 Å². The largest absolute Gasteiger partial charge is 0.469 e. The van der Waals surface area contributed by atoms with Crippen molar-refractivity contribution >= 4 is 47.3 Å². The van der Waals surface area contributed by atoms with Gasteiger partial charge in [0.1, 0.15) is 10.9 Å². The Hall–Kier alpha value is -1.88. The highest BCUT2D eigenvalue weighted by molar-refractivity contribution is 7.83. The smallest absolute Gasteiger partial charge is 0.331 e. The van der Waals surface area contributed by atoms with Crippen molar-refractivity contribution < 1.29 is 23.9 Å². The van der Waals surface area contributed by atoms with Crippen molar-refractivity contribution in [3.8, 4) is 0 Å². The topological polar surface area (TPSA) is 125 Å². The number of nitrogens with zero attached hydrogens (tertiary/aromatic N) is 3. The molecule has 0 bridgehead atoms. The summed E-state index contributed by atoms with van der Waals surface area (Å²) in [6.45, 7) is 1.79. The van der Waals surface area contributed by atoms with E-state index < -0.39 is 23.9 Å². The highest BCUT2D eigenvalue weighted by Crippen LogP contribution is 2.30. The van der Waals surface area contributed by atoms with Crippen molar-refractivity contribution in [2.24, 2.45) is 5.73 Å². The predicted molar refractivity (Wildman–Crippen MR) is 77.0 cm³/mol. The molecule has 2 N–H and O–H groups in total. The van der Waals surface area contributed by atoms with Crippen LogP contribution < -0.4 is 10.0 Å². The summed E-state index contributed by atoms with van der Waals surface area (Å²) < 4.78 is 10.2. The van der Waals surface area contributed by atoms with Crippen LogP contribution in [-0.4, -0.2) is 41.9 Å². The Labute approximate surface area is 130 Å². The molecule has 1 aromatic heterocycles. The molecule has 1 unspecified atom stereocenters. The zero-order chi connectivity index (χ0) is 16.0. The average Bonchev–Trinajstić information content (AvgIpc) is 2.92. The summed E-state index contributed by atoms with van der Waals surface area (Å²) in [5, 5.41) is 7.75. The maximum atomic E-state index is 11.9. The number of rotatable bonds is 6. The summed E-state index contributed by atoms with van der Waals surface area (Å²) >= 11 is 4.74. The Bertz CT molecular complexity index is 535. The summed E-state index contributed by atoms with van der Waals surface area (Å²) in [5.41, 5.74) is 5.05. The molecule has 1 aromatic rings. The minimum absolute atomic E-state index is 0.0833. The number of hydrogen-bond acceptors (Lipinski definition) is 9. The van der Waals surface area contributed by atoms with E-state index in [1.165, 1.54) is 7.11 Å². The number of primary amides is 1. The lowest BCUT2D eigenvalue weighted by Crippen LogP contribution is -2.27. The van der Waals surface area contributed by atoms with Crippen LogP contribution in [0.25, 0.3) is 0 Å². The van der Waals surface area contributed by atoms with E-state index in [1.807, 2.05) is 0 Å². The minimum atomic E-state index is -0.960. The lowest BCUT2D eigenvalue weighted by molar-refractivity contribution is -0.150. The van der Waals surface area contributed by atoms with Crippen LogP contribution in [-0.2, 0) is 19.1 Å². The van der Waals surface area contributed by atoms with Crippen molar-refractivity contribution in [2.75, 3.05) is 18.0 Å². The number of methoxy groups -OCH3 is 1. The molecule has 0 spiro atoms. The number of urea groups is 1. The molecule has 9 nitrogen and oxygen atoms in total. The maximum absolute atomic E-state index is 11.9. The number of esters is 2. The van der Waals surface area contributed by atoms with Crippen molar-refractivity contribution in [1.29, 1.82) is 0 Å². The Morgan fingerprint density at radius 1 is 1.43 bits per heavy atom. The fourth-order valence-electron chi connectivity index (χ4n) is 1.31. The van der Waals surface area contributed by atoms with Gasteiger partial charge in [-0.3, -0.25) is 9.59 Å². The molecule has 0 aliphatic carbocycles. The summed E-state index contributed by atoms with van der Waals surface area (Å²) in [7, 11) is 1.21. The molecule has 0 aliphatic heterocycles. The zero-order valence-electron chi connectivity index (χ0n) is 11.3. The van der Waals surface area contributed by atoms with Crippen LogP contribution >= 0.6 is 24.2 Å². The third-order valence-corrected chi connectivity index (χ3v) is 3.83. The molecule has 1 atom stereocenters. The van der Waals surface area contributed by atoms with Crippen molar-refractivity contribution in [1.82, 2.24) is 10.2 Å². The number of carbonyl (C=O) groups excluding carboxylic acids is 3. The fraction of sp³-hybridized carbons (Fsp3) is 0.500. The number of amides is 2. The fourth-order valence-corrected chi connectivity index (χ4v) is 2.32. The number of thiol groups is 1. The van der Waals surface area contributed by atoms with Crippen molar-refractivity contribution in [3.63, 3.8) is 0 Å². The molecule has 0 saturated heterocycles. The van der Waals surface area contributed by atoms with Gasteiger partial charge in [-0.15, -0.1) is 10.2 Å². The van der Waals surface area contributed by atoms with Gasteiger partial charge in [0.05, 0.1) is 20.1 Å². The van der Waals surface area contributed by atoms with Gasteiger partial charge in [-0.2, -0.15) is 0 Å². The SMILES string of the molecule is CCOC(=O)C(CC(=O)OC)c1nnc(N(S)C(N)=O)s1. The average molecular weight is 334 g/mol. The molecule has 0 saturated carbocycles. The molecule has 0 aliphatic rings. The van der Waals surface area contributed by atoms with E-state index in [2.05, 4.69) is 27.7 Å². The molecular weight excluding hydrogens is 320 g/mol. The van der Waals surface area contributed by atoms with Crippen LogP contribution in [0.3, 0.4) is 0 Å². The van der Waals surface area contributed by atoms with E-state index in [0.29, 0.717) is 0 Å². The molecule has 0 fully saturated rings. The lowest BCUT2D eigenvalue weighted by atomic mass is 10.1. The first-order valence-electron chi connectivity index (χ1n) is 5.76. The molecule has 1 rings (SSSR count). The minimum Gasteiger partial charge on any atom is -0.469 e. The predicted octanol–water partition coefficient (Wildman–Crippen LogP) is 0.478. The number of carbonyl (C=O) groups is 3. The van der Waals surface area contributed by atoms with Gasteiger partial charge in [-0.1, -0.05) is 24.2 Å². The third-order valence-electron chi connectivity index (χ3n) is 2.29. The van der Waals surface area contributed by atoms with Crippen LogP contribution in [0.1, 0.15) is 24.3 Å². The molecule has 11 heteroatoms. The van der Waals surface area contributed by atoms with Crippen LogP contribution in [0.2, 0.25) is 0 Å². The monoisotopic (exact) mass is 334 g/mol. The Morgan fingerprint density at radius 3 is 2.62 bits per heavy atom. The van der Waals surface area contributed by atoms with Gasteiger partial charge in [0.25, 0.3) is 0 Å². The Balaban J connectivity index is 3.00. The molecule has 21 heavy (non-hydrogen) atoms. The van der Waals surface area contributed by atoms with Gasteiger partial charge < -0.3 is 15.2 Å². The molecular formula is C10H14N4O5S2. The van der Waals surface area contributed by atoms with Gasteiger partial charge in [0, 0.05) is 0 Å². The van der Waals surface area contributed by atoms with E-state index in [4.69, 9.17) is 10.5 Å². The first-order valence-corrected chi connectivity index (χ1v) is 6.97. The number of ether oxygens (including phenoxy) is 2. The van der Waals surface area contributed by atoms with Crippen molar-refractivity contribution in [2.45, 2.75) is 19.3 Å². The van der Waals surface area contributed by atoms with E-state index in [0.717, 1.165) is 15.6 Å². The normalized spacial score (nSPS) is 11.6. The number of aromatic nitrogens is 2. The highest BCUT2D eigenvalue weighted by Gasteiger charge is 2.30. The third kappa shape index (κ3) is 4.56. The number of nitrogens with two attached hydrogens (primary N) is 1. The molecule has 1 heterocycles. The molecule has 2 amide bonds. The summed E-state index contributed by atoms with van der Waals surface area (Å²) in [5.74, 6) is -2.18. The second-order valence-corrected chi connectivity index (χ2v) is 5.05. The number of hydrogen-bond donors (Lipinski definition) is 2. The lowest BCUT2D eigenvalue weighted by Gasteiger charge is -2.11. The molecule has 116 valence electrons. The summed E-state index contributed by atoms with van der Waals surface area (Å²) in [6, 6.07) is -0.846. The van der Waals surface area contributed by atoms with Gasteiger partial charge >= 0.3 is 18.0 Å². The second kappa shape index (κ2) is 7.78. The molecule has 0 aromatic carbocycles. The van der Waals surface area contributed by atoms with E-state index >= 15 is 0 Å². The standard InChI is InChI=1S/C10H14N4O5S2/c1-3-19-8(16)5(4-6(15)18-2)7-12-13-10(21-7)14(20)9(11)17/h5,20H,3-4H2,1-2H3,(H2,11,17). The van der Waals surface area contributed by atoms with Crippen LogP contribution in [0.4, 0.5) is 9.93 Å². The van der Waals surface area contributed by atoms with Gasteiger partial charge in [0.15, 0.2) is 0 Å². The summed E-state index contributed by atoms with van der Waals surface area (Å²) in [4.78, 5) is 34.3. The van der Waals surface area contributed by atoms with Crippen LogP contribution in [0.5, 0.6) is 0 Å². The number of anilines is 1. The van der Waals surface area contributed by atoms with Gasteiger partial charge in [0.2, 0.25) is 5.13 Å².